The average molecular weight is 379 g/mol. The van der Waals surface area contributed by atoms with E-state index < -0.39 is 16.2 Å². The third-order valence-corrected chi connectivity index (χ3v) is 6.38. The van der Waals surface area contributed by atoms with Gasteiger partial charge in [0, 0.05) is 12.0 Å². The zero-order chi connectivity index (χ0) is 18.5. The van der Waals surface area contributed by atoms with Gasteiger partial charge in [-0.25, -0.2) is 0 Å². The molecule has 6 bridgehead atoms. The Bertz CT molecular complexity index is 821. The van der Waals surface area contributed by atoms with Gasteiger partial charge in [-0.2, -0.15) is 8.42 Å². The van der Waals surface area contributed by atoms with E-state index in [9.17, 15) is 8.42 Å². The Balaban J connectivity index is 1.81. The maximum absolute atomic E-state index is 11.8. The van der Waals surface area contributed by atoms with Crippen LogP contribution < -0.4 is 9.47 Å². The Hall–Kier alpha value is -1.57. The smallest absolute Gasteiger partial charge is 0.265 e. The summed E-state index contributed by atoms with van der Waals surface area (Å²) in [6, 6.07) is 6.37. The first kappa shape index (κ1) is 17.8. The molecule has 7 heteroatoms. The highest BCUT2D eigenvalue weighted by Gasteiger charge is 2.47. The van der Waals surface area contributed by atoms with Crippen molar-refractivity contribution in [2.45, 2.75) is 31.1 Å². The molecule has 0 spiro atoms. The van der Waals surface area contributed by atoms with E-state index >= 15 is 0 Å². The Morgan fingerprint density at radius 3 is 2.81 bits per heavy atom. The first-order valence-electron chi connectivity index (χ1n) is 8.96. The third kappa shape index (κ3) is 3.23. The van der Waals surface area contributed by atoms with E-state index in [4.69, 9.17) is 13.7 Å². The van der Waals surface area contributed by atoms with E-state index in [1.807, 2.05) is 18.2 Å². The SMILES string of the molecule is COc1ccc2cc1O[C@@H]1[C@H]3CCN(C)[C@H](C2)[C@@H]3C=C[C@@H]1OS(C)(=O)=O. The highest BCUT2D eigenvalue weighted by atomic mass is 32.2. The van der Waals surface area contributed by atoms with Crippen LogP contribution >= 0.6 is 0 Å². The molecule has 5 atom stereocenters. The number of hydrogen-bond donors (Lipinski definition) is 0. The number of ether oxygens (including phenoxy) is 2. The van der Waals surface area contributed by atoms with E-state index in [0.29, 0.717) is 23.5 Å². The lowest BCUT2D eigenvalue weighted by molar-refractivity contribution is -0.0267. The predicted molar refractivity (Wildman–Crippen MR) is 98.0 cm³/mol. The molecule has 3 aliphatic rings. The van der Waals surface area contributed by atoms with Gasteiger partial charge in [0.15, 0.2) is 11.5 Å². The van der Waals surface area contributed by atoms with Crippen molar-refractivity contribution in [1.82, 2.24) is 4.90 Å². The second-order valence-corrected chi connectivity index (χ2v) is 9.10. The first-order valence-corrected chi connectivity index (χ1v) is 10.8. The number of methoxy groups -OCH3 is 1. The maximum Gasteiger partial charge on any atom is 0.265 e. The monoisotopic (exact) mass is 379 g/mol. The Morgan fingerprint density at radius 2 is 2.08 bits per heavy atom. The van der Waals surface area contributed by atoms with Crippen molar-refractivity contribution in [2.75, 3.05) is 27.0 Å². The van der Waals surface area contributed by atoms with Crippen LogP contribution in [-0.2, 0) is 20.7 Å². The van der Waals surface area contributed by atoms with Crippen LogP contribution in [0.25, 0.3) is 0 Å². The topological polar surface area (TPSA) is 65.1 Å². The number of likely N-dealkylation sites (N-methyl/N-ethyl adjacent to an activating group) is 1. The molecule has 0 N–H and O–H groups in total. The summed E-state index contributed by atoms with van der Waals surface area (Å²) in [4.78, 5) is 2.40. The van der Waals surface area contributed by atoms with Gasteiger partial charge >= 0.3 is 0 Å². The van der Waals surface area contributed by atoms with Crippen molar-refractivity contribution in [3.05, 3.63) is 35.9 Å². The quantitative estimate of drug-likeness (QED) is 0.590. The molecule has 4 rings (SSSR count). The van der Waals surface area contributed by atoms with Gasteiger partial charge in [-0.1, -0.05) is 18.2 Å². The lowest BCUT2D eigenvalue weighted by Gasteiger charge is -2.48. The molecule has 1 aliphatic carbocycles. The predicted octanol–water partition coefficient (Wildman–Crippen LogP) is 1.85. The second kappa shape index (κ2) is 6.55. The second-order valence-electron chi connectivity index (χ2n) is 7.50. The molecule has 1 aromatic rings. The average Bonchev–Trinajstić information content (AvgIpc) is 2.59. The minimum absolute atomic E-state index is 0.201. The van der Waals surface area contributed by atoms with Crippen LogP contribution in [-0.4, -0.2) is 58.5 Å². The lowest BCUT2D eigenvalue weighted by Crippen LogP contribution is -2.55. The Labute approximate surface area is 154 Å². The van der Waals surface area contributed by atoms with Crippen LogP contribution in [0, 0.1) is 11.8 Å². The van der Waals surface area contributed by atoms with E-state index in [1.54, 1.807) is 7.11 Å². The van der Waals surface area contributed by atoms with Crippen molar-refractivity contribution in [3.63, 3.8) is 0 Å². The molecule has 2 aliphatic heterocycles. The molecule has 142 valence electrons. The van der Waals surface area contributed by atoms with Crippen molar-refractivity contribution in [3.8, 4) is 11.5 Å². The van der Waals surface area contributed by atoms with E-state index in [1.165, 1.54) is 5.56 Å². The number of likely N-dealkylation sites (tertiary alicyclic amines) is 1. The van der Waals surface area contributed by atoms with Gasteiger partial charge in [0.1, 0.15) is 12.2 Å². The van der Waals surface area contributed by atoms with Crippen LogP contribution in [0.3, 0.4) is 0 Å². The zero-order valence-electron chi connectivity index (χ0n) is 15.3. The van der Waals surface area contributed by atoms with Crippen molar-refractivity contribution >= 4 is 10.1 Å². The first-order chi connectivity index (χ1) is 12.4. The van der Waals surface area contributed by atoms with Crippen LogP contribution in [0.4, 0.5) is 0 Å². The van der Waals surface area contributed by atoms with Gasteiger partial charge in [0.2, 0.25) is 0 Å². The largest absolute Gasteiger partial charge is 0.493 e. The molecule has 0 radical (unpaired) electrons. The molecule has 26 heavy (non-hydrogen) atoms. The summed E-state index contributed by atoms with van der Waals surface area (Å²) in [6.07, 6.45) is 5.95. The van der Waals surface area contributed by atoms with Gasteiger partial charge in [0.25, 0.3) is 10.1 Å². The Kier molecular flexibility index (Phi) is 4.49. The number of nitrogens with zero attached hydrogens (tertiary/aromatic N) is 1. The molecular weight excluding hydrogens is 354 g/mol. The van der Waals surface area contributed by atoms with E-state index in [2.05, 4.69) is 24.1 Å². The van der Waals surface area contributed by atoms with Crippen molar-refractivity contribution in [2.24, 2.45) is 11.8 Å². The fraction of sp³-hybridized carbons (Fsp3) is 0.579. The van der Waals surface area contributed by atoms with Crippen LogP contribution in [0.5, 0.6) is 11.5 Å². The molecule has 6 nitrogen and oxygen atoms in total. The van der Waals surface area contributed by atoms with E-state index in [-0.39, 0.29) is 12.0 Å². The summed E-state index contributed by atoms with van der Waals surface area (Å²) in [7, 11) is 0.185. The summed E-state index contributed by atoms with van der Waals surface area (Å²) in [5.41, 5.74) is 1.19. The number of rotatable bonds is 3. The van der Waals surface area contributed by atoms with Crippen LogP contribution in [0.2, 0.25) is 0 Å². The molecule has 0 unspecified atom stereocenters. The number of benzene rings is 1. The summed E-state index contributed by atoms with van der Waals surface area (Å²) < 4.78 is 40.7. The lowest BCUT2D eigenvalue weighted by atomic mass is 9.71. The van der Waals surface area contributed by atoms with Crippen LogP contribution in [0.1, 0.15) is 12.0 Å². The molecule has 1 aromatic carbocycles. The van der Waals surface area contributed by atoms with Gasteiger partial charge < -0.3 is 14.4 Å². The minimum atomic E-state index is -3.59. The minimum Gasteiger partial charge on any atom is -0.493 e. The molecule has 2 heterocycles. The molecule has 0 aromatic heterocycles. The van der Waals surface area contributed by atoms with Gasteiger partial charge in [0.05, 0.1) is 13.4 Å². The molecule has 1 fully saturated rings. The van der Waals surface area contributed by atoms with Crippen molar-refractivity contribution < 1.29 is 22.1 Å². The van der Waals surface area contributed by atoms with Gasteiger partial charge in [-0.3, -0.25) is 4.18 Å². The van der Waals surface area contributed by atoms with Crippen molar-refractivity contribution in [1.29, 1.82) is 0 Å². The number of hydrogen-bond acceptors (Lipinski definition) is 6. The highest BCUT2D eigenvalue weighted by molar-refractivity contribution is 7.86. The highest BCUT2D eigenvalue weighted by Crippen LogP contribution is 2.43. The molecular formula is C19H25NO5S. The van der Waals surface area contributed by atoms with Gasteiger partial charge in [-0.05, 0) is 50.0 Å². The molecule has 0 amide bonds. The molecule has 1 saturated heterocycles. The fourth-order valence-electron chi connectivity index (χ4n) is 4.60. The zero-order valence-corrected chi connectivity index (χ0v) is 16.1. The summed E-state index contributed by atoms with van der Waals surface area (Å²) in [5, 5.41) is 0. The number of fused-ring (bicyclic) bond motifs is 2. The number of piperidine rings is 1. The molecule has 0 saturated carbocycles. The summed E-state index contributed by atoms with van der Waals surface area (Å²) >= 11 is 0. The third-order valence-electron chi connectivity index (χ3n) is 5.81. The summed E-state index contributed by atoms with van der Waals surface area (Å²) in [6.45, 7) is 0.957. The maximum atomic E-state index is 11.8. The van der Waals surface area contributed by atoms with Crippen LogP contribution in [0.15, 0.2) is 30.4 Å². The normalized spacial score (nSPS) is 33.6. The fourth-order valence-corrected chi connectivity index (χ4v) is 5.18. The Morgan fingerprint density at radius 1 is 1.27 bits per heavy atom. The summed E-state index contributed by atoms with van der Waals surface area (Å²) in [5.74, 6) is 1.81. The van der Waals surface area contributed by atoms with E-state index in [0.717, 1.165) is 25.6 Å². The standard InChI is InChI=1S/C19H25NO5S/c1-20-9-8-14-13-5-7-17(25-26(3,21)22)19(14)24-18-11-12(10-15(13)20)4-6-16(18)23-2/h4-7,11,13-15,17,19H,8-10H2,1-3H3/t13-,14+,15-,17+,19-/m1/s1. The van der Waals surface area contributed by atoms with Gasteiger partial charge in [-0.15, -0.1) is 0 Å².